The van der Waals surface area contributed by atoms with Crippen molar-refractivity contribution in [3.05, 3.63) is 23.9 Å². The fourth-order valence-electron chi connectivity index (χ4n) is 1.08. The molecule has 0 fully saturated rings. The molecular formula is C11H18N2O2. The maximum atomic E-state index is 5.46. The van der Waals surface area contributed by atoms with Gasteiger partial charge in [-0.3, -0.25) is 0 Å². The molecule has 4 nitrogen and oxygen atoms in total. The van der Waals surface area contributed by atoms with Crippen molar-refractivity contribution < 1.29 is 9.47 Å². The van der Waals surface area contributed by atoms with Gasteiger partial charge < -0.3 is 15.2 Å². The lowest BCUT2D eigenvalue weighted by atomic mass is 10.3. The zero-order chi connectivity index (χ0) is 10.9. The van der Waals surface area contributed by atoms with Gasteiger partial charge >= 0.3 is 0 Å². The summed E-state index contributed by atoms with van der Waals surface area (Å²) in [6.07, 6.45) is 2.77. The predicted molar refractivity (Wildman–Crippen MR) is 59.4 cm³/mol. The van der Waals surface area contributed by atoms with Crippen LogP contribution in [0.5, 0.6) is 0 Å². The van der Waals surface area contributed by atoms with Crippen LogP contribution in [0.4, 0.5) is 5.82 Å². The molecule has 0 radical (unpaired) electrons. The highest BCUT2D eigenvalue weighted by Crippen LogP contribution is 2.02. The number of aromatic nitrogens is 1. The van der Waals surface area contributed by atoms with Crippen molar-refractivity contribution in [3.8, 4) is 0 Å². The lowest BCUT2D eigenvalue weighted by molar-refractivity contribution is 0.0407. The summed E-state index contributed by atoms with van der Waals surface area (Å²) in [7, 11) is 0. The first-order chi connectivity index (χ1) is 7.33. The van der Waals surface area contributed by atoms with E-state index in [9.17, 15) is 0 Å². The van der Waals surface area contributed by atoms with Gasteiger partial charge in [0.25, 0.3) is 0 Å². The molecule has 0 bridgehead atoms. The smallest absolute Gasteiger partial charge is 0.123 e. The second-order valence-corrected chi connectivity index (χ2v) is 3.26. The predicted octanol–water partition coefficient (Wildman–Crippen LogP) is 1.61. The molecule has 84 valence electrons. The lowest BCUT2D eigenvalue weighted by Crippen LogP contribution is -2.05. The number of rotatable bonds is 7. The summed E-state index contributed by atoms with van der Waals surface area (Å²) in [6.45, 7) is 4.71. The highest BCUT2D eigenvalue weighted by atomic mass is 16.5. The van der Waals surface area contributed by atoms with E-state index in [0.29, 0.717) is 25.6 Å². The molecule has 0 aliphatic carbocycles. The van der Waals surface area contributed by atoms with Gasteiger partial charge in [-0.05, 0) is 18.1 Å². The normalized spacial score (nSPS) is 10.5. The lowest BCUT2D eigenvalue weighted by Gasteiger charge is -2.04. The van der Waals surface area contributed by atoms with Crippen LogP contribution in [0.3, 0.4) is 0 Å². The highest BCUT2D eigenvalue weighted by Gasteiger charge is 1.94. The van der Waals surface area contributed by atoms with Crippen LogP contribution in [0.25, 0.3) is 0 Å². The van der Waals surface area contributed by atoms with Gasteiger partial charge in [0.1, 0.15) is 5.82 Å². The van der Waals surface area contributed by atoms with Gasteiger partial charge in [0.05, 0.1) is 19.8 Å². The number of hydrogen-bond acceptors (Lipinski definition) is 4. The summed E-state index contributed by atoms with van der Waals surface area (Å²) < 4.78 is 10.7. The zero-order valence-corrected chi connectivity index (χ0v) is 9.11. The summed E-state index contributed by atoms with van der Waals surface area (Å²) in [6, 6.07) is 3.68. The topological polar surface area (TPSA) is 57.4 Å². The first-order valence-electron chi connectivity index (χ1n) is 5.19. The van der Waals surface area contributed by atoms with Crippen LogP contribution in [0.1, 0.15) is 18.9 Å². The van der Waals surface area contributed by atoms with Crippen molar-refractivity contribution in [2.45, 2.75) is 20.0 Å². The highest BCUT2D eigenvalue weighted by molar-refractivity contribution is 5.28. The van der Waals surface area contributed by atoms with Crippen LogP contribution < -0.4 is 5.73 Å². The molecule has 0 spiro atoms. The van der Waals surface area contributed by atoms with Crippen molar-refractivity contribution in [1.29, 1.82) is 0 Å². The van der Waals surface area contributed by atoms with Gasteiger partial charge in [-0.15, -0.1) is 0 Å². The van der Waals surface area contributed by atoms with E-state index < -0.39 is 0 Å². The number of nitrogens with two attached hydrogens (primary N) is 1. The number of pyridine rings is 1. The Morgan fingerprint density at radius 3 is 2.67 bits per heavy atom. The summed E-state index contributed by atoms with van der Waals surface area (Å²) in [5.41, 5.74) is 6.49. The van der Waals surface area contributed by atoms with E-state index in [2.05, 4.69) is 11.9 Å². The summed E-state index contributed by atoms with van der Waals surface area (Å²) in [5, 5.41) is 0. The molecule has 0 aliphatic heterocycles. The van der Waals surface area contributed by atoms with E-state index in [4.69, 9.17) is 15.2 Å². The molecule has 0 saturated heterocycles. The Kier molecular flexibility index (Phi) is 5.73. The van der Waals surface area contributed by atoms with Crippen LogP contribution in [-0.4, -0.2) is 24.8 Å². The van der Waals surface area contributed by atoms with Crippen LogP contribution in [0.2, 0.25) is 0 Å². The maximum Gasteiger partial charge on any atom is 0.123 e. The fourth-order valence-corrected chi connectivity index (χ4v) is 1.08. The average Bonchev–Trinajstić information content (AvgIpc) is 2.26. The van der Waals surface area contributed by atoms with Gasteiger partial charge in [-0.1, -0.05) is 13.0 Å². The average molecular weight is 210 g/mol. The third-order valence-corrected chi connectivity index (χ3v) is 1.84. The van der Waals surface area contributed by atoms with Crippen molar-refractivity contribution in [2.75, 3.05) is 25.6 Å². The van der Waals surface area contributed by atoms with Crippen LogP contribution >= 0.6 is 0 Å². The molecule has 4 heteroatoms. The van der Waals surface area contributed by atoms with Gasteiger partial charge in [0.2, 0.25) is 0 Å². The maximum absolute atomic E-state index is 5.46. The van der Waals surface area contributed by atoms with Crippen LogP contribution in [0, 0.1) is 0 Å². The van der Waals surface area contributed by atoms with E-state index in [0.717, 1.165) is 18.6 Å². The Morgan fingerprint density at radius 2 is 2.00 bits per heavy atom. The summed E-state index contributed by atoms with van der Waals surface area (Å²) in [4.78, 5) is 3.97. The van der Waals surface area contributed by atoms with Gasteiger partial charge in [-0.2, -0.15) is 0 Å². The van der Waals surface area contributed by atoms with Gasteiger partial charge in [0, 0.05) is 12.8 Å². The number of ether oxygens (including phenoxy) is 2. The molecule has 0 atom stereocenters. The minimum Gasteiger partial charge on any atom is -0.384 e. The Morgan fingerprint density at radius 1 is 1.20 bits per heavy atom. The SMILES string of the molecule is CCCOCCOCc1ccc(N)nc1. The van der Waals surface area contributed by atoms with Gasteiger partial charge in [0.15, 0.2) is 0 Å². The van der Waals surface area contributed by atoms with E-state index in [1.807, 2.05) is 6.07 Å². The van der Waals surface area contributed by atoms with Crippen molar-refractivity contribution in [3.63, 3.8) is 0 Å². The molecule has 1 rings (SSSR count). The molecule has 0 aliphatic rings. The van der Waals surface area contributed by atoms with Crippen molar-refractivity contribution in [2.24, 2.45) is 0 Å². The molecule has 0 saturated carbocycles. The second kappa shape index (κ2) is 7.20. The molecule has 2 N–H and O–H groups in total. The monoisotopic (exact) mass is 210 g/mol. The van der Waals surface area contributed by atoms with E-state index in [1.54, 1.807) is 12.3 Å². The summed E-state index contributed by atoms with van der Waals surface area (Å²) in [5.74, 6) is 0.532. The van der Waals surface area contributed by atoms with Gasteiger partial charge in [-0.25, -0.2) is 4.98 Å². The Labute approximate surface area is 90.4 Å². The number of hydrogen-bond donors (Lipinski definition) is 1. The molecule has 1 aromatic heterocycles. The molecular weight excluding hydrogens is 192 g/mol. The molecule has 0 aromatic carbocycles. The van der Waals surface area contributed by atoms with E-state index >= 15 is 0 Å². The first-order valence-corrected chi connectivity index (χ1v) is 5.19. The quantitative estimate of drug-likeness (QED) is 0.694. The number of nitrogen functional groups attached to an aromatic ring is 1. The van der Waals surface area contributed by atoms with E-state index in [-0.39, 0.29) is 0 Å². The molecule has 15 heavy (non-hydrogen) atoms. The Hall–Kier alpha value is -1.13. The largest absolute Gasteiger partial charge is 0.384 e. The standard InChI is InChI=1S/C11H18N2O2/c1-2-5-14-6-7-15-9-10-3-4-11(12)13-8-10/h3-4,8H,2,5-7,9H2,1H3,(H2,12,13). The molecule has 0 amide bonds. The number of nitrogens with zero attached hydrogens (tertiary/aromatic N) is 1. The number of anilines is 1. The third kappa shape index (κ3) is 5.34. The first kappa shape index (κ1) is 11.9. The van der Waals surface area contributed by atoms with Crippen molar-refractivity contribution in [1.82, 2.24) is 4.98 Å². The third-order valence-electron chi connectivity index (χ3n) is 1.84. The van der Waals surface area contributed by atoms with E-state index in [1.165, 1.54) is 0 Å². The Balaban J connectivity index is 2.07. The minimum absolute atomic E-state index is 0.532. The van der Waals surface area contributed by atoms with Crippen LogP contribution in [-0.2, 0) is 16.1 Å². The van der Waals surface area contributed by atoms with Crippen molar-refractivity contribution >= 4 is 5.82 Å². The minimum atomic E-state index is 0.532. The fraction of sp³-hybridized carbons (Fsp3) is 0.545. The molecule has 1 aromatic rings. The Bertz CT molecular complexity index is 262. The van der Waals surface area contributed by atoms with Crippen LogP contribution in [0.15, 0.2) is 18.3 Å². The second-order valence-electron chi connectivity index (χ2n) is 3.26. The zero-order valence-electron chi connectivity index (χ0n) is 9.11. The summed E-state index contributed by atoms with van der Waals surface area (Å²) >= 11 is 0. The molecule has 1 heterocycles. The molecule has 0 unspecified atom stereocenters.